The van der Waals surface area contributed by atoms with Gasteiger partial charge in [0.25, 0.3) is 0 Å². The molecule has 0 aliphatic heterocycles. The summed E-state index contributed by atoms with van der Waals surface area (Å²) in [6.45, 7) is 8.64. The molecule has 0 saturated carbocycles. The molecule has 21 heavy (non-hydrogen) atoms. The molecule has 1 N–H and O–H groups in total. The summed E-state index contributed by atoms with van der Waals surface area (Å²) in [5.41, 5.74) is 1.16. The summed E-state index contributed by atoms with van der Waals surface area (Å²) in [7, 11) is -1.73. The predicted molar refractivity (Wildman–Crippen MR) is 88.0 cm³/mol. The van der Waals surface area contributed by atoms with Crippen LogP contribution in [0.4, 0.5) is 0 Å². The number of nitrogens with zero attached hydrogens (tertiary/aromatic N) is 1. The highest BCUT2D eigenvalue weighted by Gasteiger charge is 2.20. The second-order valence-corrected chi connectivity index (χ2v) is 7.87. The van der Waals surface area contributed by atoms with Crippen molar-refractivity contribution in [1.82, 2.24) is 9.62 Å². The molecule has 0 aromatic heterocycles. The van der Waals surface area contributed by atoms with Crippen molar-refractivity contribution in [2.75, 3.05) is 26.7 Å². The molecule has 0 amide bonds. The first kappa shape index (κ1) is 18.1. The fourth-order valence-corrected chi connectivity index (χ4v) is 3.49. The van der Waals surface area contributed by atoms with E-state index >= 15 is 0 Å². The lowest BCUT2D eigenvalue weighted by atomic mass is 10.1. The van der Waals surface area contributed by atoms with E-state index < -0.39 is 10.0 Å². The van der Waals surface area contributed by atoms with E-state index in [1.807, 2.05) is 26.0 Å². The lowest BCUT2D eigenvalue weighted by molar-refractivity contribution is 0.417. The molecular formula is C16H28N2O2S. The van der Waals surface area contributed by atoms with Crippen LogP contribution < -0.4 is 5.32 Å². The largest absolute Gasteiger partial charge is 0.316 e. The van der Waals surface area contributed by atoms with Crippen LogP contribution in [-0.2, 0) is 16.4 Å². The van der Waals surface area contributed by atoms with Gasteiger partial charge in [-0.3, -0.25) is 0 Å². The summed E-state index contributed by atoms with van der Waals surface area (Å²) in [4.78, 5) is 0.371. The fraction of sp³-hybridized carbons (Fsp3) is 0.625. The normalized spacial score (nSPS) is 12.3. The molecule has 1 aromatic carbocycles. The molecule has 5 heteroatoms. The van der Waals surface area contributed by atoms with Gasteiger partial charge in [-0.05, 0) is 49.5 Å². The zero-order chi connectivity index (χ0) is 15.9. The van der Waals surface area contributed by atoms with Gasteiger partial charge in [-0.25, -0.2) is 12.7 Å². The summed E-state index contributed by atoms with van der Waals surface area (Å²) in [5.74, 6) is 0.314. The van der Waals surface area contributed by atoms with Gasteiger partial charge in [-0.15, -0.1) is 0 Å². The van der Waals surface area contributed by atoms with Crippen molar-refractivity contribution < 1.29 is 8.42 Å². The van der Waals surface area contributed by atoms with Gasteiger partial charge in [0.1, 0.15) is 0 Å². The maximum absolute atomic E-state index is 12.4. The number of hydrogen-bond donors (Lipinski definition) is 1. The van der Waals surface area contributed by atoms with Crippen LogP contribution >= 0.6 is 0 Å². The maximum Gasteiger partial charge on any atom is 0.242 e. The summed E-state index contributed by atoms with van der Waals surface area (Å²) < 4.78 is 26.2. The van der Waals surface area contributed by atoms with Crippen molar-refractivity contribution >= 4 is 10.0 Å². The second kappa shape index (κ2) is 8.51. The van der Waals surface area contributed by atoms with E-state index in [-0.39, 0.29) is 0 Å². The van der Waals surface area contributed by atoms with Crippen LogP contribution in [0.2, 0.25) is 0 Å². The van der Waals surface area contributed by atoms with E-state index in [2.05, 4.69) is 12.2 Å². The number of benzene rings is 1. The van der Waals surface area contributed by atoms with Gasteiger partial charge in [0, 0.05) is 13.6 Å². The Balaban J connectivity index is 2.68. The maximum atomic E-state index is 12.4. The molecule has 0 fully saturated rings. The first-order valence-electron chi connectivity index (χ1n) is 7.64. The Morgan fingerprint density at radius 3 is 2.29 bits per heavy atom. The number of rotatable bonds is 9. The summed E-state index contributed by atoms with van der Waals surface area (Å²) in [6.07, 6.45) is 2.04. The summed E-state index contributed by atoms with van der Waals surface area (Å²) in [6, 6.07) is 7.23. The number of nitrogens with one attached hydrogen (secondary N) is 1. The Kier molecular flexibility index (Phi) is 7.35. The van der Waals surface area contributed by atoms with Crippen LogP contribution in [0, 0.1) is 5.92 Å². The average Bonchev–Trinajstić information content (AvgIpc) is 2.43. The lowest BCUT2D eigenvalue weighted by Crippen LogP contribution is -2.30. The Bertz CT molecular complexity index is 510. The lowest BCUT2D eigenvalue weighted by Gasteiger charge is -2.19. The van der Waals surface area contributed by atoms with E-state index in [9.17, 15) is 8.42 Å². The zero-order valence-electron chi connectivity index (χ0n) is 13.6. The van der Waals surface area contributed by atoms with Gasteiger partial charge in [0.2, 0.25) is 10.0 Å². The quantitative estimate of drug-likeness (QED) is 0.713. The van der Waals surface area contributed by atoms with E-state index in [4.69, 9.17) is 0 Å². The van der Waals surface area contributed by atoms with Crippen molar-refractivity contribution in [3.8, 4) is 0 Å². The van der Waals surface area contributed by atoms with E-state index in [1.54, 1.807) is 19.2 Å². The molecule has 0 spiro atoms. The van der Waals surface area contributed by atoms with Gasteiger partial charge < -0.3 is 5.32 Å². The molecule has 0 atom stereocenters. The van der Waals surface area contributed by atoms with Crippen molar-refractivity contribution in [2.24, 2.45) is 5.92 Å². The Hall–Kier alpha value is -0.910. The van der Waals surface area contributed by atoms with Crippen LogP contribution in [0.15, 0.2) is 29.2 Å². The van der Waals surface area contributed by atoms with Gasteiger partial charge >= 0.3 is 0 Å². The van der Waals surface area contributed by atoms with Crippen molar-refractivity contribution in [2.45, 2.75) is 38.5 Å². The molecule has 0 heterocycles. The topological polar surface area (TPSA) is 49.4 Å². The smallest absolute Gasteiger partial charge is 0.242 e. The third-order valence-corrected chi connectivity index (χ3v) is 5.11. The number of hydrogen-bond acceptors (Lipinski definition) is 3. The molecule has 0 aliphatic carbocycles. The highest BCUT2D eigenvalue weighted by molar-refractivity contribution is 7.89. The molecule has 0 aliphatic rings. The van der Waals surface area contributed by atoms with Crippen LogP contribution in [0.1, 0.15) is 32.8 Å². The van der Waals surface area contributed by atoms with E-state index in [1.165, 1.54) is 4.31 Å². The summed E-state index contributed by atoms with van der Waals surface area (Å²) in [5, 5.41) is 3.34. The van der Waals surface area contributed by atoms with Gasteiger partial charge in [0.05, 0.1) is 4.90 Å². The highest BCUT2D eigenvalue weighted by Crippen LogP contribution is 2.16. The highest BCUT2D eigenvalue weighted by atomic mass is 32.2. The third kappa shape index (κ3) is 5.77. The Morgan fingerprint density at radius 1 is 1.14 bits per heavy atom. The van der Waals surface area contributed by atoms with Gasteiger partial charge in [0.15, 0.2) is 0 Å². The molecule has 0 saturated heterocycles. The number of sulfonamides is 1. The Morgan fingerprint density at radius 2 is 1.76 bits per heavy atom. The SMILES string of the molecule is CCCNCCc1ccc(S(=O)(=O)N(C)CC(C)C)cc1. The second-order valence-electron chi connectivity index (χ2n) is 5.82. The molecular weight excluding hydrogens is 284 g/mol. The zero-order valence-corrected chi connectivity index (χ0v) is 14.4. The van der Waals surface area contributed by atoms with E-state index in [0.29, 0.717) is 17.4 Å². The van der Waals surface area contributed by atoms with Crippen molar-refractivity contribution in [1.29, 1.82) is 0 Å². The minimum atomic E-state index is -3.36. The minimum Gasteiger partial charge on any atom is -0.316 e. The summed E-state index contributed by atoms with van der Waals surface area (Å²) >= 11 is 0. The van der Waals surface area contributed by atoms with Crippen molar-refractivity contribution in [3.05, 3.63) is 29.8 Å². The molecule has 1 rings (SSSR count). The monoisotopic (exact) mass is 312 g/mol. The molecule has 0 radical (unpaired) electrons. The van der Waals surface area contributed by atoms with Crippen molar-refractivity contribution in [3.63, 3.8) is 0 Å². The van der Waals surface area contributed by atoms with Gasteiger partial charge in [-0.2, -0.15) is 0 Å². The Labute approximate surface area is 129 Å². The van der Waals surface area contributed by atoms with Crippen LogP contribution in [0.3, 0.4) is 0 Å². The first-order chi connectivity index (χ1) is 9.87. The standard InChI is InChI=1S/C16H28N2O2S/c1-5-11-17-12-10-15-6-8-16(9-7-15)21(19,20)18(4)13-14(2)3/h6-9,14,17H,5,10-13H2,1-4H3. The van der Waals surface area contributed by atoms with Crippen LogP contribution in [0.25, 0.3) is 0 Å². The minimum absolute atomic E-state index is 0.314. The van der Waals surface area contributed by atoms with Crippen LogP contribution in [0.5, 0.6) is 0 Å². The predicted octanol–water partition coefficient (Wildman–Crippen LogP) is 2.51. The van der Waals surface area contributed by atoms with E-state index in [0.717, 1.165) is 31.5 Å². The molecule has 4 nitrogen and oxygen atoms in total. The molecule has 120 valence electrons. The third-order valence-electron chi connectivity index (χ3n) is 3.27. The fourth-order valence-electron chi connectivity index (χ4n) is 2.15. The van der Waals surface area contributed by atoms with Gasteiger partial charge in [-0.1, -0.05) is 32.9 Å². The molecule has 0 bridgehead atoms. The van der Waals surface area contributed by atoms with Crippen LogP contribution in [-0.4, -0.2) is 39.4 Å². The molecule has 0 unspecified atom stereocenters. The first-order valence-corrected chi connectivity index (χ1v) is 9.08. The molecule has 1 aromatic rings. The average molecular weight is 312 g/mol.